The first-order valence-electron chi connectivity index (χ1n) is 8.53. The second kappa shape index (κ2) is 8.32. The summed E-state index contributed by atoms with van der Waals surface area (Å²) in [5.41, 5.74) is 3.38. The zero-order chi connectivity index (χ0) is 20.3. The maximum absolute atomic E-state index is 12.7. The van der Waals surface area contributed by atoms with E-state index in [1.165, 1.54) is 12.1 Å². The lowest BCUT2D eigenvalue weighted by atomic mass is 10.1. The van der Waals surface area contributed by atoms with E-state index >= 15 is 0 Å². The number of amides is 1. The molecule has 28 heavy (non-hydrogen) atoms. The van der Waals surface area contributed by atoms with Gasteiger partial charge in [0.2, 0.25) is 0 Å². The van der Waals surface area contributed by atoms with Crippen molar-refractivity contribution < 1.29 is 13.2 Å². The van der Waals surface area contributed by atoms with E-state index in [0.29, 0.717) is 16.9 Å². The van der Waals surface area contributed by atoms with E-state index in [-0.39, 0.29) is 10.8 Å². The van der Waals surface area contributed by atoms with Crippen LogP contribution >= 0.6 is 22.6 Å². The van der Waals surface area contributed by atoms with E-state index in [2.05, 4.69) is 32.6 Å². The van der Waals surface area contributed by atoms with Crippen LogP contribution in [0.3, 0.4) is 0 Å². The van der Waals surface area contributed by atoms with Gasteiger partial charge in [0.05, 0.1) is 16.1 Å². The van der Waals surface area contributed by atoms with Crippen molar-refractivity contribution in [3.63, 3.8) is 0 Å². The van der Waals surface area contributed by atoms with Gasteiger partial charge in [-0.2, -0.15) is 0 Å². The van der Waals surface area contributed by atoms with Crippen LogP contribution in [0.25, 0.3) is 0 Å². The van der Waals surface area contributed by atoms with Crippen LogP contribution < -0.4 is 10.0 Å². The quantitative estimate of drug-likeness (QED) is 0.481. The highest BCUT2D eigenvalue weighted by molar-refractivity contribution is 14.1. The summed E-state index contributed by atoms with van der Waals surface area (Å²) in [4.78, 5) is 12.5. The molecule has 0 spiro atoms. The van der Waals surface area contributed by atoms with Gasteiger partial charge < -0.3 is 5.32 Å². The third-order valence-electron chi connectivity index (χ3n) is 4.26. The Morgan fingerprint density at radius 3 is 2.07 bits per heavy atom. The minimum Gasteiger partial charge on any atom is -0.322 e. The first-order valence-corrected chi connectivity index (χ1v) is 11.1. The van der Waals surface area contributed by atoms with E-state index in [0.717, 1.165) is 14.7 Å². The molecule has 0 aromatic heterocycles. The third kappa shape index (κ3) is 4.53. The third-order valence-corrected chi connectivity index (χ3v) is 6.56. The number of anilines is 2. The van der Waals surface area contributed by atoms with Crippen LogP contribution in [-0.2, 0) is 10.0 Å². The summed E-state index contributed by atoms with van der Waals surface area (Å²) in [6.07, 6.45) is 0. The van der Waals surface area contributed by atoms with E-state index < -0.39 is 10.0 Å². The summed E-state index contributed by atoms with van der Waals surface area (Å²) < 4.78 is 28.9. The van der Waals surface area contributed by atoms with E-state index in [1.54, 1.807) is 24.3 Å². The summed E-state index contributed by atoms with van der Waals surface area (Å²) in [5.74, 6) is -0.241. The predicted octanol–water partition coefficient (Wildman–Crippen LogP) is 4.96. The standard InChI is InChI=1S/C21H19IN2O3S/c1-14-6-5-7-15(2)20(14)24-28(26,27)17-12-10-16(11-13-17)23-21(25)18-8-3-4-9-19(18)22/h3-13,24H,1-2H3,(H,23,25). The molecule has 3 aromatic rings. The molecule has 0 bridgehead atoms. The van der Waals surface area contributed by atoms with Crippen molar-refractivity contribution >= 4 is 49.9 Å². The number of benzene rings is 3. The summed E-state index contributed by atoms with van der Waals surface area (Å²) in [6, 6.07) is 18.9. The Bertz CT molecular complexity index is 1110. The van der Waals surface area contributed by atoms with Gasteiger partial charge in [-0.3, -0.25) is 9.52 Å². The Morgan fingerprint density at radius 2 is 1.46 bits per heavy atom. The lowest BCUT2D eigenvalue weighted by Gasteiger charge is -2.13. The van der Waals surface area contributed by atoms with Gasteiger partial charge in [0, 0.05) is 9.26 Å². The Labute approximate surface area is 178 Å². The van der Waals surface area contributed by atoms with Gasteiger partial charge in [0.25, 0.3) is 15.9 Å². The number of aryl methyl sites for hydroxylation is 2. The predicted molar refractivity (Wildman–Crippen MR) is 120 cm³/mol. The van der Waals surface area contributed by atoms with Crippen molar-refractivity contribution in [3.05, 3.63) is 87.0 Å². The van der Waals surface area contributed by atoms with Crippen LogP contribution in [0.4, 0.5) is 11.4 Å². The number of hydrogen-bond donors (Lipinski definition) is 2. The summed E-state index contributed by atoms with van der Waals surface area (Å²) in [6.45, 7) is 3.71. The van der Waals surface area contributed by atoms with Gasteiger partial charge in [-0.25, -0.2) is 8.42 Å². The second-order valence-corrected chi connectivity index (χ2v) is 9.18. The molecule has 144 valence electrons. The molecule has 0 unspecified atom stereocenters. The number of sulfonamides is 1. The Hall–Kier alpha value is -2.39. The molecular weight excluding hydrogens is 487 g/mol. The molecule has 3 aromatic carbocycles. The van der Waals surface area contributed by atoms with E-state index in [1.807, 2.05) is 44.2 Å². The summed E-state index contributed by atoms with van der Waals surface area (Å²) in [7, 11) is -3.73. The Kier molecular flexibility index (Phi) is 6.04. The van der Waals surface area contributed by atoms with Crippen molar-refractivity contribution in [2.45, 2.75) is 18.7 Å². The monoisotopic (exact) mass is 506 g/mol. The Balaban J connectivity index is 1.78. The molecule has 0 atom stereocenters. The number of rotatable bonds is 5. The zero-order valence-electron chi connectivity index (χ0n) is 15.4. The highest BCUT2D eigenvalue weighted by Crippen LogP contribution is 2.24. The normalized spacial score (nSPS) is 11.1. The molecule has 0 aliphatic rings. The molecule has 2 N–H and O–H groups in total. The van der Waals surface area contributed by atoms with Gasteiger partial charge in [-0.15, -0.1) is 0 Å². The molecule has 0 saturated heterocycles. The second-order valence-electron chi connectivity index (χ2n) is 6.33. The number of nitrogens with one attached hydrogen (secondary N) is 2. The van der Waals surface area contributed by atoms with Gasteiger partial charge in [-0.05, 0) is 84.0 Å². The topological polar surface area (TPSA) is 75.3 Å². The van der Waals surface area contributed by atoms with Crippen LogP contribution in [-0.4, -0.2) is 14.3 Å². The minimum atomic E-state index is -3.73. The van der Waals surface area contributed by atoms with Crippen molar-refractivity contribution in [1.82, 2.24) is 0 Å². The molecule has 0 heterocycles. The van der Waals surface area contributed by atoms with E-state index in [9.17, 15) is 13.2 Å². The highest BCUT2D eigenvalue weighted by atomic mass is 127. The number of halogens is 1. The lowest BCUT2D eigenvalue weighted by Crippen LogP contribution is -2.15. The van der Waals surface area contributed by atoms with Crippen molar-refractivity contribution in [3.8, 4) is 0 Å². The van der Waals surface area contributed by atoms with Crippen molar-refractivity contribution in [2.75, 3.05) is 10.0 Å². The molecule has 0 aliphatic carbocycles. The van der Waals surface area contributed by atoms with Crippen LogP contribution in [0.15, 0.2) is 71.6 Å². The van der Waals surface area contributed by atoms with E-state index in [4.69, 9.17) is 0 Å². The minimum absolute atomic E-state index is 0.127. The molecule has 0 saturated carbocycles. The lowest BCUT2D eigenvalue weighted by molar-refractivity contribution is 0.102. The first-order chi connectivity index (χ1) is 13.3. The fourth-order valence-electron chi connectivity index (χ4n) is 2.73. The fourth-order valence-corrected chi connectivity index (χ4v) is 4.57. The van der Waals surface area contributed by atoms with Crippen LogP contribution in [0, 0.1) is 17.4 Å². The van der Waals surface area contributed by atoms with Gasteiger partial charge in [-0.1, -0.05) is 30.3 Å². The SMILES string of the molecule is Cc1cccc(C)c1NS(=O)(=O)c1ccc(NC(=O)c2ccccc2I)cc1. The van der Waals surface area contributed by atoms with Gasteiger partial charge in [0.15, 0.2) is 0 Å². The van der Waals surface area contributed by atoms with Crippen molar-refractivity contribution in [1.29, 1.82) is 0 Å². The number of carbonyl (C=O) groups is 1. The van der Waals surface area contributed by atoms with Gasteiger partial charge >= 0.3 is 0 Å². The molecular formula is C21H19IN2O3S. The smallest absolute Gasteiger partial charge is 0.261 e. The molecule has 5 nitrogen and oxygen atoms in total. The molecule has 7 heteroatoms. The number of para-hydroxylation sites is 1. The largest absolute Gasteiger partial charge is 0.322 e. The highest BCUT2D eigenvalue weighted by Gasteiger charge is 2.17. The van der Waals surface area contributed by atoms with Gasteiger partial charge in [0.1, 0.15) is 0 Å². The fraction of sp³-hybridized carbons (Fsp3) is 0.0952. The molecule has 0 radical (unpaired) electrons. The molecule has 1 amide bonds. The number of hydrogen-bond acceptors (Lipinski definition) is 3. The van der Waals surface area contributed by atoms with Crippen LogP contribution in [0.2, 0.25) is 0 Å². The average molecular weight is 506 g/mol. The van der Waals surface area contributed by atoms with Crippen LogP contribution in [0.1, 0.15) is 21.5 Å². The first kappa shape index (κ1) is 20.3. The molecule has 0 aliphatic heterocycles. The molecule has 0 fully saturated rings. The van der Waals surface area contributed by atoms with Crippen LogP contribution in [0.5, 0.6) is 0 Å². The average Bonchev–Trinajstić information content (AvgIpc) is 2.65. The zero-order valence-corrected chi connectivity index (χ0v) is 18.3. The summed E-state index contributed by atoms with van der Waals surface area (Å²) >= 11 is 2.10. The maximum atomic E-state index is 12.7. The molecule has 3 rings (SSSR count). The summed E-state index contributed by atoms with van der Waals surface area (Å²) in [5, 5.41) is 2.79. The number of carbonyl (C=O) groups excluding carboxylic acids is 1. The Morgan fingerprint density at radius 1 is 0.857 bits per heavy atom. The maximum Gasteiger partial charge on any atom is 0.261 e. The van der Waals surface area contributed by atoms with Crippen molar-refractivity contribution in [2.24, 2.45) is 0 Å².